The van der Waals surface area contributed by atoms with Crippen LogP contribution in [0.4, 0.5) is 0 Å². The van der Waals surface area contributed by atoms with Gasteiger partial charge in [0.25, 0.3) is 0 Å². The molecule has 0 spiro atoms. The van der Waals surface area contributed by atoms with Crippen LogP contribution in [-0.4, -0.2) is 36.2 Å². The first-order chi connectivity index (χ1) is 8.50. The van der Waals surface area contributed by atoms with Crippen LogP contribution in [0.2, 0.25) is 0 Å². The molecule has 1 atom stereocenters. The smallest absolute Gasteiger partial charge is 0.326 e. The number of hydrogen-bond acceptors (Lipinski definition) is 3. The maximum absolute atomic E-state index is 11.7. The molecule has 1 rings (SSSR count). The summed E-state index contributed by atoms with van der Waals surface area (Å²) in [5.74, 6) is -0.701. The predicted octanol–water partition coefficient (Wildman–Crippen LogP) is 1.42. The molecule has 18 heavy (non-hydrogen) atoms. The van der Waals surface area contributed by atoms with Crippen molar-refractivity contribution in [3.63, 3.8) is 0 Å². The van der Waals surface area contributed by atoms with E-state index in [0.29, 0.717) is 12.3 Å². The van der Waals surface area contributed by atoms with Crippen molar-refractivity contribution >= 4 is 11.9 Å². The zero-order chi connectivity index (χ0) is 13.5. The third-order valence-corrected chi connectivity index (χ3v) is 3.37. The summed E-state index contributed by atoms with van der Waals surface area (Å²) in [6.07, 6.45) is 3.22. The molecule has 0 aromatic rings. The minimum absolute atomic E-state index is 0.102. The van der Waals surface area contributed by atoms with Gasteiger partial charge in [0.05, 0.1) is 0 Å². The van der Waals surface area contributed by atoms with Gasteiger partial charge >= 0.3 is 5.97 Å². The number of carboxylic acids is 1. The number of carbonyl (C=O) groups is 2. The van der Waals surface area contributed by atoms with Gasteiger partial charge in [-0.25, -0.2) is 4.79 Å². The van der Waals surface area contributed by atoms with Crippen LogP contribution < -0.4 is 5.32 Å². The van der Waals surface area contributed by atoms with E-state index in [1.54, 1.807) is 13.8 Å². The van der Waals surface area contributed by atoms with Crippen LogP contribution >= 0.6 is 0 Å². The first-order valence-electron chi connectivity index (χ1n) is 6.60. The minimum atomic E-state index is -0.968. The standard InChI is InChI=1S/C13H23NO4/c1-9(2)12(13(16)17)14-11(15)4-3-10-5-7-18-8-6-10/h9-10,12H,3-8H2,1-2H3,(H,14,15)(H,16,17)/t12-/m0/s1. The summed E-state index contributed by atoms with van der Waals surface area (Å²) in [5, 5.41) is 11.6. The van der Waals surface area contributed by atoms with E-state index in [4.69, 9.17) is 9.84 Å². The van der Waals surface area contributed by atoms with E-state index in [-0.39, 0.29) is 11.8 Å². The summed E-state index contributed by atoms with van der Waals surface area (Å²) in [5.41, 5.74) is 0. The van der Waals surface area contributed by atoms with Crippen LogP contribution in [0.3, 0.4) is 0 Å². The molecule has 104 valence electrons. The quantitative estimate of drug-likeness (QED) is 0.754. The van der Waals surface area contributed by atoms with Crippen LogP contribution in [0.5, 0.6) is 0 Å². The van der Waals surface area contributed by atoms with Gasteiger partial charge in [-0.15, -0.1) is 0 Å². The zero-order valence-electron chi connectivity index (χ0n) is 11.1. The summed E-state index contributed by atoms with van der Waals surface area (Å²) >= 11 is 0. The number of carboxylic acid groups (broad SMARTS) is 1. The molecule has 1 fully saturated rings. The lowest BCUT2D eigenvalue weighted by molar-refractivity contribution is -0.143. The molecular weight excluding hydrogens is 234 g/mol. The Balaban J connectivity index is 2.29. The van der Waals surface area contributed by atoms with E-state index in [0.717, 1.165) is 32.5 Å². The lowest BCUT2D eigenvalue weighted by atomic mass is 9.94. The Bertz CT molecular complexity index is 285. The lowest BCUT2D eigenvalue weighted by Crippen LogP contribution is -2.44. The molecule has 0 aliphatic carbocycles. The summed E-state index contributed by atoms with van der Waals surface area (Å²) in [4.78, 5) is 22.7. The summed E-state index contributed by atoms with van der Waals surface area (Å²) < 4.78 is 5.26. The molecule has 0 saturated carbocycles. The van der Waals surface area contributed by atoms with Crippen molar-refractivity contribution < 1.29 is 19.4 Å². The average molecular weight is 257 g/mol. The fourth-order valence-corrected chi connectivity index (χ4v) is 2.13. The fourth-order valence-electron chi connectivity index (χ4n) is 2.13. The van der Waals surface area contributed by atoms with Gasteiger partial charge in [0.2, 0.25) is 5.91 Å². The second-order valence-electron chi connectivity index (χ2n) is 5.22. The second-order valence-corrected chi connectivity index (χ2v) is 5.22. The van der Waals surface area contributed by atoms with Crippen LogP contribution in [0, 0.1) is 11.8 Å². The van der Waals surface area contributed by atoms with E-state index in [1.165, 1.54) is 0 Å². The first-order valence-corrected chi connectivity index (χ1v) is 6.60. The van der Waals surface area contributed by atoms with E-state index in [1.807, 2.05) is 0 Å². The number of aliphatic carboxylic acids is 1. The van der Waals surface area contributed by atoms with Crippen molar-refractivity contribution in [2.45, 2.75) is 45.6 Å². The van der Waals surface area contributed by atoms with Gasteiger partial charge in [0.1, 0.15) is 6.04 Å². The highest BCUT2D eigenvalue weighted by Crippen LogP contribution is 2.19. The Kier molecular flexibility index (Phi) is 6.12. The van der Waals surface area contributed by atoms with Gasteiger partial charge in [-0.2, -0.15) is 0 Å². The average Bonchev–Trinajstić information content (AvgIpc) is 2.34. The topological polar surface area (TPSA) is 75.6 Å². The largest absolute Gasteiger partial charge is 0.480 e. The Labute approximate surface area is 108 Å². The zero-order valence-corrected chi connectivity index (χ0v) is 11.1. The highest BCUT2D eigenvalue weighted by molar-refractivity contribution is 5.83. The molecule has 1 saturated heterocycles. The molecule has 2 N–H and O–H groups in total. The Morgan fingerprint density at radius 1 is 1.33 bits per heavy atom. The summed E-state index contributed by atoms with van der Waals surface area (Å²) in [6.45, 7) is 5.13. The fraction of sp³-hybridized carbons (Fsp3) is 0.846. The molecule has 5 heteroatoms. The summed E-state index contributed by atoms with van der Waals surface area (Å²) in [7, 11) is 0. The van der Waals surface area contributed by atoms with Gasteiger partial charge in [-0.05, 0) is 31.1 Å². The highest BCUT2D eigenvalue weighted by atomic mass is 16.5. The van der Waals surface area contributed by atoms with Crippen LogP contribution in [-0.2, 0) is 14.3 Å². The molecule has 0 unspecified atom stereocenters. The van der Waals surface area contributed by atoms with Gasteiger partial charge in [-0.3, -0.25) is 4.79 Å². The van der Waals surface area contributed by atoms with Crippen LogP contribution in [0.1, 0.15) is 39.5 Å². The third kappa shape index (κ3) is 5.04. The molecule has 1 heterocycles. The summed E-state index contributed by atoms with van der Waals surface area (Å²) in [6, 6.07) is -0.785. The number of nitrogens with one attached hydrogen (secondary N) is 1. The molecule has 0 radical (unpaired) electrons. The monoisotopic (exact) mass is 257 g/mol. The van der Waals surface area contributed by atoms with Crippen molar-refractivity contribution in [1.29, 1.82) is 0 Å². The number of hydrogen-bond donors (Lipinski definition) is 2. The van der Waals surface area contributed by atoms with Crippen molar-refractivity contribution in [1.82, 2.24) is 5.32 Å². The van der Waals surface area contributed by atoms with Gasteiger partial charge in [-0.1, -0.05) is 13.8 Å². The molecule has 0 aromatic carbocycles. The van der Waals surface area contributed by atoms with E-state index >= 15 is 0 Å². The highest BCUT2D eigenvalue weighted by Gasteiger charge is 2.23. The Morgan fingerprint density at radius 2 is 1.94 bits per heavy atom. The molecular formula is C13H23NO4. The number of rotatable bonds is 6. The van der Waals surface area contributed by atoms with Gasteiger partial charge in [0, 0.05) is 19.6 Å². The second kappa shape index (κ2) is 7.36. The maximum atomic E-state index is 11.7. The SMILES string of the molecule is CC(C)[C@H](NC(=O)CCC1CCOCC1)C(=O)O. The van der Waals surface area contributed by atoms with Crippen LogP contribution in [0.15, 0.2) is 0 Å². The number of amides is 1. The van der Waals surface area contributed by atoms with Crippen molar-refractivity contribution in [3.8, 4) is 0 Å². The number of carbonyl (C=O) groups excluding carboxylic acids is 1. The predicted molar refractivity (Wildman–Crippen MR) is 67.2 cm³/mol. The normalized spacial score (nSPS) is 18.6. The van der Waals surface area contributed by atoms with E-state index in [9.17, 15) is 9.59 Å². The molecule has 5 nitrogen and oxygen atoms in total. The molecule has 1 amide bonds. The first kappa shape index (κ1) is 15.0. The van der Waals surface area contributed by atoms with E-state index < -0.39 is 12.0 Å². The van der Waals surface area contributed by atoms with Crippen LogP contribution in [0.25, 0.3) is 0 Å². The maximum Gasteiger partial charge on any atom is 0.326 e. The molecule has 0 aromatic heterocycles. The molecule has 1 aliphatic heterocycles. The van der Waals surface area contributed by atoms with Gasteiger partial charge < -0.3 is 15.2 Å². The van der Waals surface area contributed by atoms with Gasteiger partial charge in [0.15, 0.2) is 0 Å². The third-order valence-electron chi connectivity index (χ3n) is 3.37. The molecule has 0 bridgehead atoms. The van der Waals surface area contributed by atoms with Crippen molar-refractivity contribution in [2.24, 2.45) is 11.8 Å². The van der Waals surface area contributed by atoms with E-state index in [2.05, 4.69) is 5.32 Å². The minimum Gasteiger partial charge on any atom is -0.480 e. The Hall–Kier alpha value is -1.10. The lowest BCUT2D eigenvalue weighted by Gasteiger charge is -2.22. The van der Waals surface area contributed by atoms with Crippen molar-refractivity contribution in [3.05, 3.63) is 0 Å². The molecule has 1 aliphatic rings. The Morgan fingerprint density at radius 3 is 2.44 bits per heavy atom. The number of ether oxygens (including phenoxy) is 1. The van der Waals surface area contributed by atoms with Crippen molar-refractivity contribution in [2.75, 3.05) is 13.2 Å².